The number of pyridine rings is 1. The average Bonchev–Trinajstić information content (AvgIpc) is 3.39. The first-order valence-electron chi connectivity index (χ1n) is 11.1. The van der Waals surface area contributed by atoms with Gasteiger partial charge in [0, 0.05) is 24.7 Å². The summed E-state index contributed by atoms with van der Waals surface area (Å²) < 4.78 is 2.24. The Morgan fingerprint density at radius 1 is 1.10 bits per heavy atom. The van der Waals surface area contributed by atoms with Crippen LogP contribution in [0.25, 0.3) is 27.8 Å². The molecule has 2 saturated heterocycles. The van der Waals surface area contributed by atoms with Crippen LogP contribution in [0.15, 0.2) is 54.6 Å². The summed E-state index contributed by atoms with van der Waals surface area (Å²) in [5, 5.41) is 13.6. The lowest BCUT2D eigenvalue weighted by atomic mass is 9.94. The van der Waals surface area contributed by atoms with E-state index in [1.165, 1.54) is 35.3 Å². The first-order valence-corrected chi connectivity index (χ1v) is 11.1. The number of imidazole rings is 1. The van der Waals surface area contributed by atoms with E-state index in [0.717, 1.165) is 36.3 Å². The van der Waals surface area contributed by atoms with Gasteiger partial charge in [-0.2, -0.15) is 5.26 Å². The van der Waals surface area contributed by atoms with Gasteiger partial charge in [0.15, 0.2) is 0 Å². The fraction of sp³-hybridized carbons (Fsp3) is 0.308. The zero-order valence-electron chi connectivity index (χ0n) is 17.7. The minimum Gasteiger partial charge on any atom is -0.355 e. The number of hydrogen-bond donors (Lipinski definition) is 1. The van der Waals surface area contributed by atoms with E-state index in [0.29, 0.717) is 17.5 Å². The van der Waals surface area contributed by atoms with Gasteiger partial charge in [0.25, 0.3) is 0 Å². The molecule has 0 radical (unpaired) electrons. The first kappa shape index (κ1) is 18.4. The number of nitriles is 1. The van der Waals surface area contributed by atoms with Crippen molar-refractivity contribution >= 4 is 22.5 Å². The molecule has 2 atom stereocenters. The number of para-hydroxylation sites is 1. The fourth-order valence-corrected chi connectivity index (χ4v) is 5.58. The lowest BCUT2D eigenvalue weighted by molar-refractivity contribution is 0.340. The Hall–Kier alpha value is -3.36. The van der Waals surface area contributed by atoms with Crippen molar-refractivity contribution in [3.8, 4) is 17.2 Å². The molecule has 2 aromatic carbocycles. The van der Waals surface area contributed by atoms with Crippen molar-refractivity contribution in [1.29, 1.82) is 5.26 Å². The Kier molecular flexibility index (Phi) is 4.22. The highest BCUT2D eigenvalue weighted by Crippen LogP contribution is 2.40. The van der Waals surface area contributed by atoms with E-state index in [9.17, 15) is 5.26 Å². The molecule has 2 fully saturated rings. The van der Waals surface area contributed by atoms with E-state index in [2.05, 4.69) is 64.0 Å². The molecule has 0 saturated carbocycles. The molecule has 2 aliphatic rings. The van der Waals surface area contributed by atoms with Crippen LogP contribution in [0.1, 0.15) is 24.0 Å². The molecule has 4 heterocycles. The Morgan fingerprint density at radius 3 is 2.77 bits per heavy atom. The van der Waals surface area contributed by atoms with E-state index in [1.54, 1.807) is 0 Å². The highest BCUT2D eigenvalue weighted by atomic mass is 15.3. The molecule has 2 unspecified atom stereocenters. The van der Waals surface area contributed by atoms with Crippen LogP contribution in [0.5, 0.6) is 0 Å². The number of hydrogen-bond acceptors (Lipinski definition) is 4. The monoisotopic (exact) mass is 407 g/mol. The van der Waals surface area contributed by atoms with Gasteiger partial charge >= 0.3 is 0 Å². The van der Waals surface area contributed by atoms with E-state index in [1.807, 2.05) is 18.2 Å². The van der Waals surface area contributed by atoms with Gasteiger partial charge in [-0.05, 0) is 61.6 Å². The molecule has 5 heteroatoms. The lowest BCUT2D eigenvalue weighted by Gasteiger charge is -2.26. The molecule has 0 aliphatic carbocycles. The van der Waals surface area contributed by atoms with E-state index in [4.69, 9.17) is 4.98 Å². The van der Waals surface area contributed by atoms with Crippen LogP contribution >= 0.6 is 0 Å². The van der Waals surface area contributed by atoms with Gasteiger partial charge in [0.1, 0.15) is 17.5 Å². The molecule has 154 valence electrons. The van der Waals surface area contributed by atoms with Crippen LogP contribution in [-0.4, -0.2) is 35.1 Å². The van der Waals surface area contributed by atoms with Gasteiger partial charge in [0.05, 0.1) is 16.6 Å². The fourth-order valence-electron chi connectivity index (χ4n) is 5.58. The van der Waals surface area contributed by atoms with Crippen molar-refractivity contribution in [2.45, 2.75) is 25.8 Å². The zero-order chi connectivity index (χ0) is 20.9. The summed E-state index contributed by atoms with van der Waals surface area (Å²) in [6.07, 6.45) is 2.52. The van der Waals surface area contributed by atoms with Crippen molar-refractivity contribution in [1.82, 2.24) is 14.7 Å². The summed E-state index contributed by atoms with van der Waals surface area (Å²) in [6.45, 7) is 5.30. The maximum Gasteiger partial charge on any atom is 0.139 e. The molecule has 2 aromatic heterocycles. The van der Waals surface area contributed by atoms with Crippen LogP contribution in [0.4, 0.5) is 5.82 Å². The summed E-state index contributed by atoms with van der Waals surface area (Å²) in [5.74, 6) is 1.83. The molecule has 6 rings (SSSR count). The maximum atomic E-state index is 9.86. The first-order chi connectivity index (χ1) is 15.2. The normalized spacial score (nSPS) is 20.8. The van der Waals surface area contributed by atoms with Crippen LogP contribution < -0.4 is 10.2 Å². The number of rotatable bonds is 2. The minimum atomic E-state index is 0.526. The zero-order valence-corrected chi connectivity index (χ0v) is 17.7. The number of piperidine rings is 1. The number of aromatic nitrogens is 2. The molecule has 4 aromatic rings. The van der Waals surface area contributed by atoms with Crippen molar-refractivity contribution in [2.24, 2.45) is 5.92 Å². The van der Waals surface area contributed by atoms with Crippen molar-refractivity contribution in [3.05, 3.63) is 65.7 Å². The third-order valence-electron chi connectivity index (χ3n) is 6.96. The van der Waals surface area contributed by atoms with Gasteiger partial charge in [-0.1, -0.05) is 36.4 Å². The van der Waals surface area contributed by atoms with Gasteiger partial charge in [-0.3, -0.25) is 4.40 Å². The number of nitrogens with one attached hydrogen (secondary N) is 1. The molecule has 0 spiro atoms. The van der Waals surface area contributed by atoms with Crippen molar-refractivity contribution < 1.29 is 0 Å². The third-order valence-corrected chi connectivity index (χ3v) is 6.96. The summed E-state index contributed by atoms with van der Waals surface area (Å²) >= 11 is 0. The summed E-state index contributed by atoms with van der Waals surface area (Å²) in [5.41, 5.74) is 7.02. The van der Waals surface area contributed by atoms with Gasteiger partial charge in [-0.15, -0.1) is 0 Å². The Balaban J connectivity index is 1.69. The van der Waals surface area contributed by atoms with Gasteiger partial charge in [0.2, 0.25) is 0 Å². The summed E-state index contributed by atoms with van der Waals surface area (Å²) in [6, 6.07) is 21.5. The molecular formula is C26H25N5. The second-order valence-corrected chi connectivity index (χ2v) is 8.85. The van der Waals surface area contributed by atoms with Crippen LogP contribution in [0, 0.1) is 24.2 Å². The van der Waals surface area contributed by atoms with E-state index >= 15 is 0 Å². The molecule has 1 N–H and O–H groups in total. The largest absolute Gasteiger partial charge is 0.355 e. The topological polar surface area (TPSA) is 56.4 Å². The second kappa shape index (κ2) is 7.11. The number of benzene rings is 2. The quantitative estimate of drug-likeness (QED) is 0.531. The molecular weight excluding hydrogens is 382 g/mol. The predicted octanol–water partition coefficient (Wildman–Crippen LogP) is 4.52. The van der Waals surface area contributed by atoms with Crippen molar-refractivity contribution in [2.75, 3.05) is 24.5 Å². The molecule has 31 heavy (non-hydrogen) atoms. The number of fused-ring (bicyclic) bond motifs is 4. The predicted molar refractivity (Wildman–Crippen MR) is 124 cm³/mol. The van der Waals surface area contributed by atoms with Crippen molar-refractivity contribution in [3.63, 3.8) is 0 Å². The molecule has 0 bridgehead atoms. The Bertz CT molecular complexity index is 1320. The smallest absolute Gasteiger partial charge is 0.139 e. The highest BCUT2D eigenvalue weighted by molar-refractivity contribution is 5.92. The highest BCUT2D eigenvalue weighted by Gasteiger charge is 2.36. The number of aryl methyl sites for hydroxylation is 1. The molecule has 0 amide bonds. The average molecular weight is 408 g/mol. The van der Waals surface area contributed by atoms with Crippen LogP contribution in [0.3, 0.4) is 0 Å². The number of nitrogens with zero attached hydrogens (tertiary/aromatic N) is 4. The Morgan fingerprint density at radius 2 is 1.97 bits per heavy atom. The van der Waals surface area contributed by atoms with Crippen LogP contribution in [0.2, 0.25) is 0 Å². The standard InChI is InChI=1S/C26H25N5/c1-17-13-23-29-21-11-5-9-19(14-27)25(21)31(23)26(24(17)18-7-3-2-4-8-18)30-15-20-10-6-12-28-22(20)16-30/h2-5,7-9,11,13,20,22,28H,6,10,12,15-16H2,1H3. The van der Waals surface area contributed by atoms with Crippen LogP contribution in [-0.2, 0) is 0 Å². The van der Waals surface area contributed by atoms with Gasteiger partial charge < -0.3 is 10.2 Å². The molecule has 5 nitrogen and oxygen atoms in total. The second-order valence-electron chi connectivity index (χ2n) is 8.85. The van der Waals surface area contributed by atoms with E-state index < -0.39 is 0 Å². The maximum absolute atomic E-state index is 9.86. The van der Waals surface area contributed by atoms with Gasteiger partial charge in [-0.25, -0.2) is 4.98 Å². The van der Waals surface area contributed by atoms with E-state index in [-0.39, 0.29) is 0 Å². The molecule has 2 aliphatic heterocycles. The SMILES string of the molecule is Cc1cc2nc3cccc(C#N)c3n2c(N2CC3CCCNC3C2)c1-c1ccccc1. The summed E-state index contributed by atoms with van der Waals surface area (Å²) in [7, 11) is 0. The minimum absolute atomic E-state index is 0.526. The summed E-state index contributed by atoms with van der Waals surface area (Å²) in [4.78, 5) is 7.44. The number of anilines is 1. The third kappa shape index (κ3) is 2.83. The Labute approximate surface area is 181 Å². The lowest BCUT2D eigenvalue weighted by Crippen LogP contribution is -2.40.